The standard InChI is InChI=1S/2C17H12ClN5.C15H15Cl2N3O/c18-13-5-7-14(8-6-13)20-16-9-19-10-17(21-16)23-11-12-3-1-2-4-15(12)22-23;18-13-5-7-14(8-6-13)21-16-10-19-11-17(22-16)23-15-4-2-1-3-12(15)9-20-23;1-15(2,3)14(21)20(11-6-4-10(16)5-7-11)13-9-18-8-12(17)19-13/h1-11H,(H,20,21);1-11H,(H,21,22);4-9H,1-3H3. The van der Waals surface area contributed by atoms with Crippen molar-refractivity contribution < 1.29 is 4.79 Å². The highest BCUT2D eigenvalue weighted by Gasteiger charge is 2.30. The Kier molecular flexibility index (Phi) is 14.3. The van der Waals surface area contributed by atoms with Crippen molar-refractivity contribution in [2.45, 2.75) is 20.8 Å². The zero-order valence-corrected chi connectivity index (χ0v) is 39.0. The van der Waals surface area contributed by atoms with Gasteiger partial charge in [-0.05, 0) is 84.9 Å². The molecular formula is C49H39Cl4N13O. The second kappa shape index (κ2) is 20.8. The number of hydrogen-bond acceptors (Lipinski definition) is 11. The summed E-state index contributed by atoms with van der Waals surface area (Å²) in [6.45, 7) is 5.53. The van der Waals surface area contributed by atoms with E-state index in [1.807, 2.05) is 130 Å². The first-order chi connectivity index (χ1) is 32.4. The number of rotatable bonds is 8. The van der Waals surface area contributed by atoms with Crippen molar-refractivity contribution in [3.05, 3.63) is 191 Å². The average Bonchev–Trinajstić information content (AvgIpc) is 3.97. The Balaban J connectivity index is 0.000000136. The third-order valence-corrected chi connectivity index (χ3v) is 10.5. The summed E-state index contributed by atoms with van der Waals surface area (Å²) in [7, 11) is 0. The summed E-state index contributed by atoms with van der Waals surface area (Å²) in [4.78, 5) is 40.0. The predicted octanol–water partition coefficient (Wildman–Crippen LogP) is 12.9. The third kappa shape index (κ3) is 11.9. The lowest BCUT2D eigenvalue weighted by atomic mass is 9.94. The topological polar surface area (TPSA) is 157 Å². The number of anilines is 6. The van der Waals surface area contributed by atoms with E-state index in [-0.39, 0.29) is 11.1 Å². The monoisotopic (exact) mass is 965 g/mol. The van der Waals surface area contributed by atoms with Crippen LogP contribution in [0.2, 0.25) is 20.2 Å². The largest absolute Gasteiger partial charge is 0.339 e. The Morgan fingerprint density at radius 2 is 1.10 bits per heavy atom. The smallest absolute Gasteiger partial charge is 0.238 e. The molecule has 0 radical (unpaired) electrons. The molecule has 67 heavy (non-hydrogen) atoms. The maximum absolute atomic E-state index is 12.7. The lowest BCUT2D eigenvalue weighted by Gasteiger charge is -2.28. The number of hydrogen-bond donors (Lipinski definition) is 2. The van der Waals surface area contributed by atoms with Gasteiger partial charge >= 0.3 is 0 Å². The number of carbonyl (C=O) groups excluding carboxylic acids is 1. The molecule has 0 spiro atoms. The minimum Gasteiger partial charge on any atom is -0.339 e. The summed E-state index contributed by atoms with van der Waals surface area (Å²) >= 11 is 23.6. The second-order valence-electron chi connectivity index (χ2n) is 15.6. The molecule has 0 saturated carbocycles. The van der Waals surface area contributed by atoms with Gasteiger partial charge in [0, 0.05) is 48.8 Å². The second-order valence-corrected chi connectivity index (χ2v) is 17.3. The summed E-state index contributed by atoms with van der Waals surface area (Å²) < 4.78 is 3.50. The minimum atomic E-state index is -0.580. The zero-order chi connectivity index (χ0) is 46.9. The molecular weight excluding hydrogens is 928 g/mol. The highest BCUT2D eigenvalue weighted by Crippen LogP contribution is 2.31. The molecule has 14 nitrogen and oxygen atoms in total. The first kappa shape index (κ1) is 46.1. The van der Waals surface area contributed by atoms with Crippen LogP contribution >= 0.6 is 46.4 Å². The van der Waals surface area contributed by atoms with Crippen LogP contribution in [0, 0.1) is 5.41 Å². The molecule has 5 aromatic heterocycles. The lowest BCUT2D eigenvalue weighted by Crippen LogP contribution is -2.36. The number of halogens is 4. The molecule has 0 unspecified atom stereocenters. The van der Waals surface area contributed by atoms with Crippen LogP contribution in [0.15, 0.2) is 171 Å². The number of benzene rings is 5. The van der Waals surface area contributed by atoms with Gasteiger partial charge in [-0.25, -0.2) is 24.3 Å². The van der Waals surface area contributed by atoms with Gasteiger partial charge in [-0.1, -0.05) is 104 Å². The summed E-state index contributed by atoms with van der Waals surface area (Å²) in [6.07, 6.45) is 13.4. The van der Waals surface area contributed by atoms with Crippen LogP contribution in [0.5, 0.6) is 0 Å². The molecule has 18 heteroatoms. The van der Waals surface area contributed by atoms with Crippen molar-refractivity contribution in [1.29, 1.82) is 0 Å². The molecule has 0 aliphatic rings. The van der Waals surface area contributed by atoms with Gasteiger partial charge in [0.05, 0.1) is 60.1 Å². The zero-order valence-electron chi connectivity index (χ0n) is 36.0. The van der Waals surface area contributed by atoms with Gasteiger partial charge in [-0.3, -0.25) is 24.6 Å². The molecule has 10 rings (SSSR count). The Morgan fingerprint density at radius 1 is 0.567 bits per heavy atom. The Hall–Kier alpha value is -7.49. The third-order valence-electron chi connectivity index (χ3n) is 9.57. The van der Waals surface area contributed by atoms with Gasteiger partial charge < -0.3 is 10.6 Å². The van der Waals surface area contributed by atoms with E-state index in [2.05, 4.69) is 50.7 Å². The quantitative estimate of drug-likeness (QED) is 0.149. The molecule has 0 aliphatic heterocycles. The van der Waals surface area contributed by atoms with Crippen LogP contribution < -0.4 is 15.5 Å². The molecule has 0 saturated heterocycles. The summed E-state index contributed by atoms with van der Waals surface area (Å²) in [5, 5.41) is 19.6. The minimum absolute atomic E-state index is 0.110. The van der Waals surface area contributed by atoms with Crippen LogP contribution in [0.1, 0.15) is 20.8 Å². The van der Waals surface area contributed by atoms with Gasteiger partial charge in [0.2, 0.25) is 5.91 Å². The van der Waals surface area contributed by atoms with E-state index >= 15 is 0 Å². The maximum Gasteiger partial charge on any atom is 0.238 e. The molecule has 1 amide bonds. The number of nitrogens with one attached hydrogen (secondary N) is 2. The van der Waals surface area contributed by atoms with Gasteiger partial charge in [0.15, 0.2) is 29.1 Å². The predicted molar refractivity (Wildman–Crippen MR) is 268 cm³/mol. The first-order valence-corrected chi connectivity index (χ1v) is 22.0. The number of carbonyl (C=O) groups is 1. The van der Waals surface area contributed by atoms with E-state index in [0.717, 1.165) is 33.2 Å². The fourth-order valence-corrected chi connectivity index (χ4v) is 6.88. The normalized spacial score (nSPS) is 11.0. The highest BCUT2D eigenvalue weighted by molar-refractivity contribution is 6.31. The van der Waals surface area contributed by atoms with Gasteiger partial charge in [0.1, 0.15) is 5.15 Å². The summed E-state index contributed by atoms with van der Waals surface area (Å²) in [5.41, 5.74) is 3.79. The average molecular weight is 968 g/mol. The molecule has 5 aromatic carbocycles. The number of fused-ring (bicyclic) bond motifs is 2. The fourth-order valence-electron chi connectivity index (χ4n) is 6.36. The van der Waals surface area contributed by atoms with Crippen molar-refractivity contribution in [3.63, 3.8) is 0 Å². The lowest BCUT2D eigenvalue weighted by molar-refractivity contribution is -0.125. The Bertz CT molecular complexity index is 3230. The van der Waals surface area contributed by atoms with E-state index in [1.165, 1.54) is 17.3 Å². The van der Waals surface area contributed by atoms with Crippen LogP contribution in [0.3, 0.4) is 0 Å². The number of amides is 1. The van der Waals surface area contributed by atoms with Crippen molar-refractivity contribution in [2.75, 3.05) is 15.5 Å². The van der Waals surface area contributed by atoms with Gasteiger partial charge in [0.25, 0.3) is 0 Å². The molecule has 5 heterocycles. The molecule has 0 bridgehead atoms. The number of nitrogens with zero attached hydrogens (tertiary/aromatic N) is 11. The summed E-state index contributed by atoms with van der Waals surface area (Å²) in [6, 6.07) is 37.7. The van der Waals surface area contributed by atoms with Crippen LogP contribution in [-0.4, -0.2) is 55.4 Å². The van der Waals surface area contributed by atoms with Gasteiger partial charge in [-0.15, -0.1) is 0 Å². The SMILES string of the molecule is CC(C)(C)C(=O)N(c1ccc(Cl)cc1)c1cncc(Cl)n1.Clc1ccc(Nc2cncc(-n3cc4ccccc4n3)n2)cc1.Clc1ccc(Nc2cncc(-n3ncc4ccccc43)n2)cc1. The Morgan fingerprint density at radius 3 is 1.70 bits per heavy atom. The molecule has 334 valence electrons. The highest BCUT2D eigenvalue weighted by atomic mass is 35.5. The van der Waals surface area contributed by atoms with Crippen LogP contribution in [0.4, 0.5) is 34.5 Å². The van der Waals surface area contributed by atoms with Crippen LogP contribution in [0.25, 0.3) is 33.4 Å². The molecule has 0 atom stereocenters. The number of para-hydroxylation sites is 1. The van der Waals surface area contributed by atoms with Crippen molar-refractivity contribution in [1.82, 2.24) is 49.5 Å². The van der Waals surface area contributed by atoms with E-state index in [4.69, 9.17) is 46.4 Å². The number of aromatic nitrogens is 10. The van der Waals surface area contributed by atoms with E-state index in [1.54, 1.807) is 58.4 Å². The first-order valence-electron chi connectivity index (χ1n) is 20.5. The fraction of sp³-hybridized carbons (Fsp3) is 0.0816. The van der Waals surface area contributed by atoms with Crippen molar-refractivity contribution >= 4 is 109 Å². The summed E-state index contributed by atoms with van der Waals surface area (Å²) in [5.74, 6) is 2.87. The molecule has 0 aliphatic carbocycles. The van der Waals surface area contributed by atoms with E-state index in [0.29, 0.717) is 49.8 Å². The molecule has 10 aromatic rings. The van der Waals surface area contributed by atoms with Crippen LogP contribution in [-0.2, 0) is 4.79 Å². The molecule has 0 fully saturated rings. The van der Waals surface area contributed by atoms with E-state index in [9.17, 15) is 4.79 Å². The molecule has 2 N–H and O–H groups in total. The van der Waals surface area contributed by atoms with Crippen molar-refractivity contribution in [3.8, 4) is 11.6 Å². The van der Waals surface area contributed by atoms with Gasteiger partial charge in [-0.2, -0.15) is 10.2 Å². The Labute approximate surface area is 405 Å². The maximum atomic E-state index is 12.7. The van der Waals surface area contributed by atoms with Crippen molar-refractivity contribution in [2.24, 2.45) is 5.41 Å². The van der Waals surface area contributed by atoms with E-state index < -0.39 is 5.41 Å².